The Morgan fingerprint density at radius 3 is 2.08 bits per heavy atom. The van der Waals surface area contributed by atoms with Crippen LogP contribution in [0.4, 0.5) is 22.9 Å². The number of benzene rings is 3. The molecular weight excluding hydrogens is 482 g/mol. The number of amides is 2. The summed E-state index contributed by atoms with van der Waals surface area (Å²) < 4.78 is 5.39. The number of anilines is 4. The van der Waals surface area contributed by atoms with Gasteiger partial charge in [0, 0.05) is 53.5 Å². The Morgan fingerprint density at radius 2 is 1.47 bits per heavy atom. The van der Waals surface area contributed by atoms with Crippen LogP contribution in [0, 0.1) is 0 Å². The van der Waals surface area contributed by atoms with Gasteiger partial charge < -0.3 is 15.0 Å². The maximum atomic E-state index is 13.0. The molecule has 0 bridgehead atoms. The summed E-state index contributed by atoms with van der Waals surface area (Å²) >= 11 is 0. The van der Waals surface area contributed by atoms with Crippen molar-refractivity contribution < 1.29 is 19.1 Å². The normalized spacial score (nSPS) is 13.0. The van der Waals surface area contributed by atoms with E-state index in [-0.39, 0.29) is 11.7 Å². The van der Waals surface area contributed by atoms with E-state index in [2.05, 4.69) is 20.2 Å². The molecule has 1 N–H and O–H groups in total. The molecule has 1 aliphatic rings. The maximum absolute atomic E-state index is 13.0. The van der Waals surface area contributed by atoms with Crippen molar-refractivity contribution in [2.75, 3.05) is 41.4 Å². The van der Waals surface area contributed by atoms with Crippen molar-refractivity contribution >= 4 is 41.0 Å². The van der Waals surface area contributed by atoms with E-state index in [0.29, 0.717) is 53.5 Å². The summed E-state index contributed by atoms with van der Waals surface area (Å²) in [7, 11) is 0. The summed E-state index contributed by atoms with van der Waals surface area (Å²) in [6.07, 6.45) is 5.15. The minimum atomic E-state index is -0.226. The van der Waals surface area contributed by atoms with E-state index in [0.717, 1.165) is 18.8 Å². The number of nitrogens with zero attached hydrogens (tertiary/aromatic N) is 4. The number of morpholine rings is 1. The molecule has 38 heavy (non-hydrogen) atoms. The summed E-state index contributed by atoms with van der Waals surface area (Å²) in [6.45, 7) is 3.07. The van der Waals surface area contributed by atoms with Crippen LogP contribution < -0.4 is 15.1 Å². The Hall–Kier alpha value is -4.89. The van der Waals surface area contributed by atoms with E-state index in [4.69, 9.17) is 4.74 Å². The average molecular weight is 508 g/mol. The molecule has 9 nitrogen and oxygen atoms in total. The summed E-state index contributed by atoms with van der Waals surface area (Å²) in [6, 6.07) is 20.9. The first-order valence-corrected chi connectivity index (χ1v) is 12.1. The van der Waals surface area contributed by atoms with Crippen LogP contribution in [0.15, 0.2) is 91.4 Å². The zero-order valence-electron chi connectivity index (χ0n) is 20.5. The molecule has 190 valence electrons. The highest BCUT2D eigenvalue weighted by Gasteiger charge is 2.15. The lowest BCUT2D eigenvalue weighted by Crippen LogP contribution is -2.36. The van der Waals surface area contributed by atoms with Gasteiger partial charge in [0.25, 0.3) is 5.91 Å². The summed E-state index contributed by atoms with van der Waals surface area (Å²) in [5, 5.41) is 2.87. The Bertz CT molecular complexity index is 1400. The van der Waals surface area contributed by atoms with E-state index in [1.807, 2.05) is 12.1 Å². The number of hydrogen-bond acceptors (Lipinski definition) is 7. The van der Waals surface area contributed by atoms with Crippen LogP contribution in [-0.4, -0.2) is 54.4 Å². The number of rotatable bonds is 8. The van der Waals surface area contributed by atoms with Crippen molar-refractivity contribution in [3.8, 4) is 0 Å². The Labute approximate surface area is 219 Å². The second-order valence-electron chi connectivity index (χ2n) is 8.59. The monoisotopic (exact) mass is 507 g/mol. The lowest BCUT2D eigenvalue weighted by Gasteiger charge is -2.28. The van der Waals surface area contributed by atoms with Crippen LogP contribution in [0.25, 0.3) is 0 Å². The topological polar surface area (TPSA) is 105 Å². The van der Waals surface area contributed by atoms with Crippen molar-refractivity contribution in [2.45, 2.75) is 0 Å². The average Bonchev–Trinajstić information content (AvgIpc) is 2.99. The molecule has 2 amide bonds. The van der Waals surface area contributed by atoms with Gasteiger partial charge in [-0.15, -0.1) is 0 Å². The highest BCUT2D eigenvalue weighted by molar-refractivity contribution is 6.10. The maximum Gasteiger partial charge on any atom is 0.255 e. The van der Waals surface area contributed by atoms with Gasteiger partial charge in [-0.05, 0) is 72.8 Å². The standard InChI is InChI=1S/C29H25N5O4/c35-20-34(27-19-30-13-14-31-27)26-11-3-22(4-12-26)28(36)21-1-7-24(8-2-21)32-29(37)23-5-9-25(10-6-23)33-15-17-38-18-16-33/h1-14,19-20H,15-18H2,(H,32,37). The van der Waals surface area contributed by atoms with Gasteiger partial charge in [0.2, 0.25) is 6.41 Å². The smallest absolute Gasteiger partial charge is 0.255 e. The molecule has 0 spiro atoms. The van der Waals surface area contributed by atoms with Gasteiger partial charge in [0.15, 0.2) is 11.6 Å². The molecule has 1 aromatic heterocycles. The molecule has 0 unspecified atom stereocenters. The Balaban J connectivity index is 1.21. The van der Waals surface area contributed by atoms with E-state index in [9.17, 15) is 14.4 Å². The first-order valence-electron chi connectivity index (χ1n) is 12.1. The summed E-state index contributed by atoms with van der Waals surface area (Å²) in [5.41, 5.74) is 3.71. The molecule has 2 heterocycles. The molecule has 0 atom stereocenters. The molecule has 5 rings (SSSR count). The second kappa shape index (κ2) is 11.4. The third-order valence-electron chi connectivity index (χ3n) is 6.22. The van der Waals surface area contributed by atoms with Crippen molar-refractivity contribution in [3.63, 3.8) is 0 Å². The quantitative estimate of drug-likeness (QED) is 0.283. The van der Waals surface area contributed by atoms with Crippen molar-refractivity contribution in [2.24, 2.45) is 0 Å². The molecule has 0 radical (unpaired) electrons. The highest BCUT2D eigenvalue weighted by atomic mass is 16.5. The molecule has 4 aromatic rings. The zero-order chi connectivity index (χ0) is 26.3. The van der Waals surface area contributed by atoms with Crippen LogP contribution >= 0.6 is 0 Å². The first kappa shape index (κ1) is 24.8. The van der Waals surface area contributed by atoms with Gasteiger partial charge in [-0.1, -0.05) is 0 Å². The molecule has 0 aliphatic carbocycles. The SMILES string of the molecule is O=CN(c1ccc(C(=O)c2ccc(NC(=O)c3ccc(N4CCOCC4)cc3)cc2)cc1)c1cnccn1. The number of hydrogen-bond donors (Lipinski definition) is 1. The fourth-order valence-electron chi connectivity index (χ4n) is 4.16. The minimum absolute atomic E-state index is 0.176. The fourth-order valence-corrected chi connectivity index (χ4v) is 4.16. The zero-order valence-corrected chi connectivity index (χ0v) is 20.5. The van der Waals surface area contributed by atoms with Crippen molar-refractivity contribution in [1.82, 2.24) is 9.97 Å². The third kappa shape index (κ3) is 5.58. The van der Waals surface area contributed by atoms with Gasteiger partial charge in [-0.25, -0.2) is 4.98 Å². The third-order valence-corrected chi connectivity index (χ3v) is 6.22. The predicted molar refractivity (Wildman–Crippen MR) is 144 cm³/mol. The van der Waals surface area contributed by atoms with Gasteiger partial charge in [-0.3, -0.25) is 24.3 Å². The van der Waals surface area contributed by atoms with Gasteiger partial charge >= 0.3 is 0 Å². The van der Waals surface area contributed by atoms with Crippen LogP contribution in [0.2, 0.25) is 0 Å². The lowest BCUT2D eigenvalue weighted by molar-refractivity contribution is -0.106. The number of aromatic nitrogens is 2. The summed E-state index contributed by atoms with van der Waals surface area (Å²) in [4.78, 5) is 48.9. The van der Waals surface area contributed by atoms with E-state index in [1.54, 1.807) is 60.7 Å². The molecule has 1 aliphatic heterocycles. The molecular formula is C29H25N5O4. The van der Waals surface area contributed by atoms with Gasteiger partial charge in [0.1, 0.15) is 0 Å². The Morgan fingerprint density at radius 1 is 0.842 bits per heavy atom. The summed E-state index contributed by atoms with van der Waals surface area (Å²) in [5.74, 6) is -0.0198. The van der Waals surface area contributed by atoms with E-state index in [1.165, 1.54) is 23.5 Å². The number of ketones is 1. The molecule has 9 heteroatoms. The number of ether oxygens (including phenoxy) is 1. The second-order valence-corrected chi connectivity index (χ2v) is 8.59. The van der Waals surface area contributed by atoms with E-state index >= 15 is 0 Å². The number of carbonyl (C=O) groups excluding carboxylic acids is 3. The molecule has 0 saturated carbocycles. The van der Waals surface area contributed by atoms with Gasteiger partial charge in [0.05, 0.1) is 25.1 Å². The van der Waals surface area contributed by atoms with Crippen molar-refractivity contribution in [3.05, 3.63) is 108 Å². The number of carbonyl (C=O) groups is 3. The molecule has 3 aromatic carbocycles. The highest BCUT2D eigenvalue weighted by Crippen LogP contribution is 2.23. The lowest BCUT2D eigenvalue weighted by atomic mass is 10.0. The Kier molecular flexibility index (Phi) is 7.47. The van der Waals surface area contributed by atoms with Gasteiger partial charge in [-0.2, -0.15) is 0 Å². The molecule has 1 fully saturated rings. The van der Waals surface area contributed by atoms with Crippen LogP contribution in [0.5, 0.6) is 0 Å². The van der Waals surface area contributed by atoms with Crippen molar-refractivity contribution in [1.29, 1.82) is 0 Å². The molecule has 1 saturated heterocycles. The van der Waals surface area contributed by atoms with Crippen LogP contribution in [0.1, 0.15) is 26.3 Å². The first-order chi connectivity index (χ1) is 18.6. The van der Waals surface area contributed by atoms with Crippen LogP contribution in [0.3, 0.4) is 0 Å². The fraction of sp³-hybridized carbons (Fsp3) is 0.138. The predicted octanol–water partition coefficient (Wildman–Crippen LogP) is 4.09. The van der Waals surface area contributed by atoms with Crippen LogP contribution in [-0.2, 0) is 9.53 Å². The minimum Gasteiger partial charge on any atom is -0.378 e. The van der Waals surface area contributed by atoms with E-state index < -0.39 is 0 Å². The largest absolute Gasteiger partial charge is 0.378 e. The number of nitrogens with one attached hydrogen (secondary N) is 1.